The zero-order valence-electron chi connectivity index (χ0n) is 13.6. The van der Waals surface area contributed by atoms with Crippen LogP contribution in [0, 0.1) is 23.7 Å². The highest BCUT2D eigenvalue weighted by Crippen LogP contribution is 2.52. The first kappa shape index (κ1) is 15.1. The molecule has 2 aliphatic carbocycles. The monoisotopic (exact) mass is 324 g/mol. The molecule has 24 heavy (non-hydrogen) atoms. The fraction of sp³-hybridized carbons (Fsp3) is 0.421. The molecule has 2 bridgehead atoms. The summed E-state index contributed by atoms with van der Waals surface area (Å²) in [5, 5.41) is 0. The average molecular weight is 324 g/mol. The molecule has 1 heterocycles. The van der Waals surface area contributed by atoms with Gasteiger partial charge in [0.1, 0.15) is 0 Å². The van der Waals surface area contributed by atoms with Gasteiger partial charge in [0.2, 0.25) is 17.7 Å². The minimum Gasteiger partial charge on any atom is -0.315 e. The van der Waals surface area contributed by atoms with Crippen LogP contribution in [-0.4, -0.2) is 36.2 Å². The fourth-order valence-corrected chi connectivity index (χ4v) is 4.36. The second-order valence-corrected chi connectivity index (χ2v) is 6.87. The third-order valence-electron chi connectivity index (χ3n) is 5.63. The third kappa shape index (κ3) is 2.19. The Bertz CT molecular complexity index is 697. The van der Waals surface area contributed by atoms with Crippen LogP contribution in [0.1, 0.15) is 12.8 Å². The molecule has 124 valence electrons. The number of hydrogen-bond donors (Lipinski definition) is 0. The molecule has 0 radical (unpaired) electrons. The van der Waals surface area contributed by atoms with Gasteiger partial charge in [0, 0.05) is 25.7 Å². The van der Waals surface area contributed by atoms with Crippen LogP contribution < -0.4 is 4.90 Å². The Morgan fingerprint density at radius 1 is 1.08 bits per heavy atom. The van der Waals surface area contributed by atoms with Gasteiger partial charge >= 0.3 is 0 Å². The van der Waals surface area contributed by atoms with E-state index in [1.165, 1.54) is 4.90 Å². The maximum atomic E-state index is 12.6. The van der Waals surface area contributed by atoms with E-state index < -0.39 is 0 Å². The van der Waals surface area contributed by atoms with E-state index in [9.17, 15) is 14.4 Å². The van der Waals surface area contributed by atoms with Crippen molar-refractivity contribution in [3.8, 4) is 0 Å². The van der Waals surface area contributed by atoms with Crippen molar-refractivity contribution in [2.45, 2.75) is 12.8 Å². The maximum Gasteiger partial charge on any atom is 0.233 e. The molecule has 0 spiro atoms. The number of likely N-dealkylation sites (tertiary alicyclic amines) is 1. The van der Waals surface area contributed by atoms with Gasteiger partial charge in [-0.05, 0) is 30.4 Å². The SMILES string of the molecule is CN(C(=O)CCN1C(=O)[C@@H]2[C@H](C1=O)[C@@H]1C=C[C@H]2C1)c1ccccc1. The van der Waals surface area contributed by atoms with Crippen molar-refractivity contribution in [1.82, 2.24) is 4.90 Å². The van der Waals surface area contributed by atoms with E-state index in [2.05, 4.69) is 12.2 Å². The van der Waals surface area contributed by atoms with Gasteiger partial charge in [-0.2, -0.15) is 0 Å². The number of amides is 3. The van der Waals surface area contributed by atoms with E-state index in [4.69, 9.17) is 0 Å². The summed E-state index contributed by atoms with van der Waals surface area (Å²) in [6, 6.07) is 9.35. The van der Waals surface area contributed by atoms with Crippen LogP contribution in [0.2, 0.25) is 0 Å². The van der Waals surface area contributed by atoms with Crippen LogP contribution in [0.15, 0.2) is 42.5 Å². The fourth-order valence-electron chi connectivity index (χ4n) is 4.36. The smallest absolute Gasteiger partial charge is 0.233 e. The number of hydrogen-bond acceptors (Lipinski definition) is 3. The van der Waals surface area contributed by atoms with Gasteiger partial charge in [-0.1, -0.05) is 30.4 Å². The van der Waals surface area contributed by atoms with Crippen molar-refractivity contribution >= 4 is 23.4 Å². The molecule has 1 saturated heterocycles. The van der Waals surface area contributed by atoms with Crippen molar-refractivity contribution in [2.24, 2.45) is 23.7 Å². The number of carbonyl (C=O) groups is 3. The molecule has 2 fully saturated rings. The lowest BCUT2D eigenvalue weighted by molar-refractivity contribution is -0.140. The number of para-hydroxylation sites is 1. The predicted octanol–water partition coefficient (Wildman–Crippen LogP) is 1.85. The number of fused-ring (bicyclic) bond motifs is 5. The van der Waals surface area contributed by atoms with E-state index in [1.54, 1.807) is 11.9 Å². The number of imide groups is 1. The molecular weight excluding hydrogens is 304 g/mol. The number of carbonyl (C=O) groups excluding carboxylic acids is 3. The Morgan fingerprint density at radius 3 is 2.25 bits per heavy atom. The zero-order chi connectivity index (χ0) is 16.8. The van der Waals surface area contributed by atoms with Crippen LogP contribution in [0.5, 0.6) is 0 Å². The van der Waals surface area contributed by atoms with E-state index >= 15 is 0 Å². The normalized spacial score (nSPS) is 30.1. The standard InChI is InChI=1S/C19H20N2O3/c1-20(14-5-3-2-4-6-14)15(22)9-10-21-18(23)16-12-7-8-13(11-12)17(16)19(21)24/h2-8,12-13,16-17H,9-11H2,1H3/t12-,13+,16-,17+. The zero-order valence-corrected chi connectivity index (χ0v) is 13.6. The quantitative estimate of drug-likeness (QED) is 0.627. The first-order valence-corrected chi connectivity index (χ1v) is 8.43. The van der Waals surface area contributed by atoms with Gasteiger partial charge in [0.25, 0.3) is 0 Å². The van der Waals surface area contributed by atoms with Crippen LogP contribution >= 0.6 is 0 Å². The van der Waals surface area contributed by atoms with Crippen molar-refractivity contribution < 1.29 is 14.4 Å². The molecule has 1 saturated carbocycles. The van der Waals surface area contributed by atoms with Crippen LogP contribution in [-0.2, 0) is 14.4 Å². The predicted molar refractivity (Wildman–Crippen MR) is 88.9 cm³/mol. The lowest BCUT2D eigenvalue weighted by atomic mass is 9.85. The largest absolute Gasteiger partial charge is 0.315 e. The summed E-state index contributed by atoms with van der Waals surface area (Å²) in [6.45, 7) is 0.181. The van der Waals surface area contributed by atoms with Crippen molar-refractivity contribution in [2.75, 3.05) is 18.5 Å². The Kier molecular flexibility index (Phi) is 3.52. The summed E-state index contributed by atoms with van der Waals surface area (Å²) in [4.78, 5) is 40.4. The maximum absolute atomic E-state index is 12.6. The van der Waals surface area contributed by atoms with Gasteiger partial charge in [0.05, 0.1) is 11.8 Å². The van der Waals surface area contributed by atoms with E-state index in [0.29, 0.717) is 0 Å². The topological polar surface area (TPSA) is 57.7 Å². The number of benzene rings is 1. The summed E-state index contributed by atoms with van der Waals surface area (Å²) in [6.07, 6.45) is 5.24. The lowest BCUT2D eigenvalue weighted by Crippen LogP contribution is -2.37. The minimum atomic E-state index is -0.186. The highest BCUT2D eigenvalue weighted by Gasteiger charge is 2.59. The number of nitrogens with zero attached hydrogens (tertiary/aromatic N) is 2. The lowest BCUT2D eigenvalue weighted by Gasteiger charge is -2.20. The highest BCUT2D eigenvalue weighted by molar-refractivity contribution is 6.06. The van der Waals surface area contributed by atoms with Crippen LogP contribution in [0.25, 0.3) is 0 Å². The highest BCUT2D eigenvalue weighted by atomic mass is 16.2. The Balaban J connectivity index is 1.41. The van der Waals surface area contributed by atoms with Gasteiger partial charge in [-0.25, -0.2) is 0 Å². The number of allylic oxidation sites excluding steroid dienone is 2. The molecule has 1 aliphatic heterocycles. The first-order valence-electron chi connectivity index (χ1n) is 8.43. The second-order valence-electron chi connectivity index (χ2n) is 6.87. The number of rotatable bonds is 4. The van der Waals surface area contributed by atoms with Gasteiger partial charge < -0.3 is 4.90 Å². The molecular formula is C19H20N2O3. The molecule has 0 N–H and O–H groups in total. The molecule has 1 aromatic carbocycles. The van der Waals surface area contributed by atoms with E-state index in [0.717, 1.165) is 12.1 Å². The summed E-state index contributed by atoms with van der Waals surface area (Å²) in [5.74, 6) is -0.216. The molecule has 4 atom stereocenters. The molecule has 3 aliphatic rings. The first-order chi connectivity index (χ1) is 11.6. The Hall–Kier alpha value is -2.43. The van der Waals surface area contributed by atoms with Crippen LogP contribution in [0.3, 0.4) is 0 Å². The molecule has 4 rings (SSSR count). The summed E-state index contributed by atoms with van der Waals surface area (Å²) in [5.41, 5.74) is 0.806. The van der Waals surface area contributed by atoms with Gasteiger partial charge in [0.15, 0.2) is 0 Å². The minimum absolute atomic E-state index is 0.0861. The van der Waals surface area contributed by atoms with Crippen molar-refractivity contribution in [3.63, 3.8) is 0 Å². The molecule has 5 nitrogen and oxygen atoms in total. The molecule has 0 unspecified atom stereocenters. The molecule has 1 aromatic rings. The molecule has 3 amide bonds. The Morgan fingerprint density at radius 2 is 1.67 bits per heavy atom. The van der Waals surface area contributed by atoms with Crippen LogP contribution in [0.4, 0.5) is 5.69 Å². The van der Waals surface area contributed by atoms with E-state index in [-0.39, 0.29) is 54.4 Å². The van der Waals surface area contributed by atoms with Crippen molar-refractivity contribution in [1.29, 1.82) is 0 Å². The van der Waals surface area contributed by atoms with Gasteiger partial charge in [-0.3, -0.25) is 19.3 Å². The second kappa shape index (κ2) is 5.58. The molecule has 0 aromatic heterocycles. The average Bonchev–Trinajstić information content (AvgIpc) is 3.28. The Labute approximate surface area is 140 Å². The third-order valence-corrected chi connectivity index (χ3v) is 5.63. The van der Waals surface area contributed by atoms with Gasteiger partial charge in [-0.15, -0.1) is 0 Å². The van der Waals surface area contributed by atoms with E-state index in [1.807, 2.05) is 30.3 Å². The van der Waals surface area contributed by atoms with Crippen molar-refractivity contribution in [3.05, 3.63) is 42.5 Å². The summed E-state index contributed by atoms with van der Waals surface area (Å²) in [7, 11) is 1.71. The summed E-state index contributed by atoms with van der Waals surface area (Å²) >= 11 is 0. The summed E-state index contributed by atoms with van der Waals surface area (Å²) < 4.78 is 0. The number of anilines is 1. The molecule has 5 heteroatoms.